The summed E-state index contributed by atoms with van der Waals surface area (Å²) in [4.78, 5) is 27.0. The zero-order chi connectivity index (χ0) is 18.5. The molecule has 0 saturated carbocycles. The number of rotatable bonds is 2. The first-order chi connectivity index (χ1) is 13.1. The van der Waals surface area contributed by atoms with Gasteiger partial charge in [0.25, 0.3) is 0 Å². The number of hydrogen-bond acceptors (Lipinski definition) is 6. The van der Waals surface area contributed by atoms with Crippen molar-refractivity contribution in [1.29, 1.82) is 0 Å². The second-order valence-corrected chi connectivity index (χ2v) is 7.94. The van der Waals surface area contributed by atoms with Crippen LogP contribution in [0, 0.1) is 17.8 Å². The summed E-state index contributed by atoms with van der Waals surface area (Å²) in [5, 5.41) is 11.8. The molecule has 5 aliphatic rings. The lowest BCUT2D eigenvalue weighted by atomic mass is 9.70. The Morgan fingerprint density at radius 2 is 2.26 bits per heavy atom. The van der Waals surface area contributed by atoms with Crippen molar-refractivity contribution in [3.63, 3.8) is 0 Å². The Bertz CT molecular complexity index is 912. The predicted octanol–water partition coefficient (Wildman–Crippen LogP) is 0.191. The smallest absolute Gasteiger partial charge is 0.234 e. The van der Waals surface area contributed by atoms with Crippen LogP contribution in [-0.2, 0) is 19.1 Å². The van der Waals surface area contributed by atoms with Crippen molar-refractivity contribution < 1.29 is 28.9 Å². The predicted molar refractivity (Wildman–Crippen MR) is 89.8 cm³/mol. The van der Waals surface area contributed by atoms with Gasteiger partial charge in [-0.25, -0.2) is 0 Å². The first-order valence-electron chi connectivity index (χ1n) is 9.27. The van der Waals surface area contributed by atoms with Crippen LogP contribution < -0.4 is 14.7 Å². The molecule has 1 aromatic rings. The third-order valence-corrected chi connectivity index (χ3v) is 6.95. The topological polar surface area (TPSA) is 88.1 Å². The highest BCUT2D eigenvalue weighted by Gasteiger charge is 2.73. The van der Waals surface area contributed by atoms with Gasteiger partial charge < -0.3 is 29.0 Å². The standard InChI is InChI=1S/C20H19NO6/c1-25-9-2-3-12-11(8-9)16-10(5-7-26-16)17-20-6-4-13(27-20)14(19(23)24)15(20)18(22)21(12)17/h2-4,6,8,10,13-17H,5,7H2,1H3,(H,23,24)/p-1/t10-,13-,14-,15-,16+,17-,20+/m1/s1. The lowest BCUT2D eigenvalue weighted by molar-refractivity contribution is -0.313. The van der Waals surface area contributed by atoms with Crippen LogP contribution in [0.5, 0.6) is 5.75 Å². The van der Waals surface area contributed by atoms with E-state index in [1.54, 1.807) is 18.1 Å². The fraction of sp³-hybridized carbons (Fsp3) is 0.500. The van der Waals surface area contributed by atoms with Crippen LogP contribution in [0.4, 0.5) is 5.69 Å². The molecule has 7 heteroatoms. The van der Waals surface area contributed by atoms with Gasteiger partial charge in [0.2, 0.25) is 5.91 Å². The van der Waals surface area contributed by atoms with Gasteiger partial charge in [0.05, 0.1) is 37.0 Å². The second-order valence-electron chi connectivity index (χ2n) is 7.94. The quantitative estimate of drug-likeness (QED) is 0.693. The number of carboxylic acids is 1. The first kappa shape index (κ1) is 15.7. The number of carbonyl (C=O) groups excluding carboxylic acids is 2. The van der Waals surface area contributed by atoms with Gasteiger partial charge in [-0.2, -0.15) is 0 Å². The number of anilines is 1. The summed E-state index contributed by atoms with van der Waals surface area (Å²) in [6, 6.07) is 5.32. The molecular weight excluding hydrogens is 350 g/mol. The molecule has 0 N–H and O–H groups in total. The van der Waals surface area contributed by atoms with Crippen molar-refractivity contribution in [3.8, 4) is 5.75 Å². The van der Waals surface area contributed by atoms with Crippen LogP contribution in [0.3, 0.4) is 0 Å². The normalized spacial score (nSPS) is 42.7. The third-order valence-electron chi connectivity index (χ3n) is 6.95. The average molecular weight is 368 g/mol. The Morgan fingerprint density at radius 1 is 1.41 bits per heavy atom. The van der Waals surface area contributed by atoms with E-state index in [4.69, 9.17) is 14.2 Å². The Kier molecular flexibility index (Phi) is 2.85. The molecule has 0 unspecified atom stereocenters. The monoisotopic (exact) mass is 368 g/mol. The van der Waals surface area contributed by atoms with Crippen LogP contribution >= 0.6 is 0 Å². The molecule has 0 aromatic heterocycles. The lowest BCUT2D eigenvalue weighted by Gasteiger charge is -2.44. The first-order valence-corrected chi connectivity index (χ1v) is 9.27. The minimum atomic E-state index is -1.22. The molecular formula is C20H18NO6-. The number of methoxy groups -OCH3 is 1. The number of carboxylic acid groups (broad SMARTS) is 1. The molecule has 2 bridgehead atoms. The molecule has 1 amide bonds. The van der Waals surface area contributed by atoms with Crippen molar-refractivity contribution in [2.45, 2.75) is 30.3 Å². The number of benzene rings is 1. The highest BCUT2D eigenvalue weighted by atomic mass is 16.5. The van der Waals surface area contributed by atoms with Crippen molar-refractivity contribution in [1.82, 2.24) is 0 Å². The molecule has 3 fully saturated rings. The van der Waals surface area contributed by atoms with E-state index in [9.17, 15) is 14.7 Å². The summed E-state index contributed by atoms with van der Waals surface area (Å²) in [5.74, 6) is -2.37. The maximum Gasteiger partial charge on any atom is 0.234 e. The van der Waals surface area contributed by atoms with E-state index in [1.807, 2.05) is 24.3 Å². The molecule has 1 aromatic carbocycles. The molecule has 0 radical (unpaired) electrons. The van der Waals surface area contributed by atoms with Gasteiger partial charge in [0.1, 0.15) is 11.4 Å². The highest BCUT2D eigenvalue weighted by Crippen LogP contribution is 2.62. The summed E-state index contributed by atoms with van der Waals surface area (Å²) < 4.78 is 17.6. The summed E-state index contributed by atoms with van der Waals surface area (Å²) in [6.07, 6.45) is 3.73. The number of hydrogen-bond donors (Lipinski definition) is 0. The lowest BCUT2D eigenvalue weighted by Crippen LogP contribution is -2.53. The molecule has 27 heavy (non-hydrogen) atoms. The largest absolute Gasteiger partial charge is 0.550 e. The Balaban J connectivity index is 1.57. The van der Waals surface area contributed by atoms with Crippen molar-refractivity contribution >= 4 is 17.6 Å². The number of nitrogens with zero attached hydrogens (tertiary/aromatic N) is 1. The van der Waals surface area contributed by atoms with E-state index in [2.05, 4.69) is 0 Å². The van der Waals surface area contributed by atoms with Crippen molar-refractivity contribution in [3.05, 3.63) is 35.9 Å². The summed E-state index contributed by atoms with van der Waals surface area (Å²) in [6.45, 7) is 0.600. The molecule has 6 rings (SSSR count). The third kappa shape index (κ3) is 1.66. The molecule has 7 nitrogen and oxygen atoms in total. The number of amides is 1. The summed E-state index contributed by atoms with van der Waals surface area (Å²) in [5.41, 5.74) is 0.761. The minimum absolute atomic E-state index is 0.0439. The summed E-state index contributed by atoms with van der Waals surface area (Å²) >= 11 is 0. The zero-order valence-electron chi connectivity index (χ0n) is 14.7. The van der Waals surface area contributed by atoms with Crippen molar-refractivity contribution in [2.75, 3.05) is 18.6 Å². The molecule has 1 spiro atoms. The highest BCUT2D eigenvalue weighted by molar-refractivity contribution is 6.04. The minimum Gasteiger partial charge on any atom is -0.550 e. The van der Waals surface area contributed by atoms with E-state index in [-0.39, 0.29) is 24.0 Å². The van der Waals surface area contributed by atoms with E-state index in [1.165, 1.54) is 0 Å². The van der Waals surface area contributed by atoms with E-state index in [0.29, 0.717) is 12.4 Å². The fourth-order valence-electron chi connectivity index (χ4n) is 6.01. The van der Waals surface area contributed by atoms with E-state index in [0.717, 1.165) is 17.7 Å². The van der Waals surface area contributed by atoms with Gasteiger partial charge in [0, 0.05) is 30.0 Å². The van der Waals surface area contributed by atoms with Gasteiger partial charge in [0.15, 0.2) is 0 Å². The SMILES string of the molecule is COc1ccc2c(c1)[C@H]1OCC[C@H]1[C@H]1N2C(=O)[C@H]2[C@H](C(=O)[O-])[C@H]3C=C[C@]21O3. The van der Waals surface area contributed by atoms with Crippen molar-refractivity contribution in [2.24, 2.45) is 17.8 Å². The molecule has 5 aliphatic heterocycles. The zero-order valence-corrected chi connectivity index (χ0v) is 14.7. The molecule has 0 aliphatic carbocycles. The molecule has 3 saturated heterocycles. The van der Waals surface area contributed by atoms with Crippen LogP contribution in [0.15, 0.2) is 30.4 Å². The molecule has 7 atom stereocenters. The molecule has 140 valence electrons. The molecule has 5 heterocycles. The number of ether oxygens (including phenoxy) is 3. The maximum atomic E-state index is 13.5. The number of carbonyl (C=O) groups is 2. The Hall–Kier alpha value is -2.38. The fourth-order valence-corrected chi connectivity index (χ4v) is 6.01. The van der Waals surface area contributed by atoms with Crippen LogP contribution in [0.1, 0.15) is 18.1 Å². The van der Waals surface area contributed by atoms with Gasteiger partial charge >= 0.3 is 0 Å². The van der Waals surface area contributed by atoms with Gasteiger partial charge in [-0.05, 0) is 24.6 Å². The van der Waals surface area contributed by atoms with Crippen LogP contribution in [0.25, 0.3) is 0 Å². The Morgan fingerprint density at radius 3 is 3.04 bits per heavy atom. The Labute approximate surface area is 155 Å². The van der Waals surface area contributed by atoms with E-state index < -0.39 is 29.5 Å². The van der Waals surface area contributed by atoms with Crippen LogP contribution in [0.2, 0.25) is 0 Å². The van der Waals surface area contributed by atoms with Crippen LogP contribution in [-0.4, -0.2) is 43.3 Å². The number of aliphatic carboxylic acids is 1. The van der Waals surface area contributed by atoms with Gasteiger partial charge in [-0.3, -0.25) is 4.79 Å². The number of fused-ring (bicyclic) bond motifs is 7. The summed E-state index contributed by atoms with van der Waals surface area (Å²) in [7, 11) is 1.60. The van der Waals surface area contributed by atoms with Gasteiger partial charge in [-0.1, -0.05) is 12.2 Å². The maximum absolute atomic E-state index is 13.5. The second kappa shape index (κ2) is 4.91. The van der Waals surface area contributed by atoms with E-state index >= 15 is 0 Å². The van der Waals surface area contributed by atoms with Gasteiger partial charge in [-0.15, -0.1) is 0 Å². The average Bonchev–Trinajstić information content (AvgIpc) is 3.41.